The summed E-state index contributed by atoms with van der Waals surface area (Å²) in [5, 5.41) is 10.9. The van der Waals surface area contributed by atoms with Gasteiger partial charge in [0.1, 0.15) is 17.8 Å². The fraction of sp³-hybridized carbons (Fsp3) is 0.111. The van der Waals surface area contributed by atoms with Gasteiger partial charge in [-0.3, -0.25) is 0 Å². The Kier molecular flexibility index (Phi) is 5.16. The largest absolute Gasteiger partial charge is 0.494 e. The fourth-order valence-electron chi connectivity index (χ4n) is 2.10. The molecule has 0 N–H and O–H groups in total. The van der Waals surface area contributed by atoms with E-state index < -0.39 is 5.97 Å². The van der Waals surface area contributed by atoms with Crippen LogP contribution >= 0.6 is 0 Å². The van der Waals surface area contributed by atoms with Crippen molar-refractivity contribution in [3.8, 4) is 17.2 Å². The van der Waals surface area contributed by atoms with E-state index in [1.165, 1.54) is 17.1 Å². The van der Waals surface area contributed by atoms with Crippen LogP contribution in [0.5, 0.6) is 11.5 Å². The van der Waals surface area contributed by atoms with Gasteiger partial charge in [-0.1, -0.05) is 12.1 Å². The van der Waals surface area contributed by atoms with Crippen LogP contribution < -0.4 is 9.47 Å². The van der Waals surface area contributed by atoms with Gasteiger partial charge in [-0.15, -0.1) is 5.10 Å². The monoisotopic (exact) mass is 336 g/mol. The van der Waals surface area contributed by atoms with Gasteiger partial charge in [0.2, 0.25) is 0 Å². The second-order valence-corrected chi connectivity index (χ2v) is 5.00. The van der Waals surface area contributed by atoms with Crippen LogP contribution in [-0.4, -0.2) is 32.8 Å². The van der Waals surface area contributed by atoms with Gasteiger partial charge in [0.05, 0.1) is 12.3 Å². The van der Waals surface area contributed by atoms with Crippen LogP contribution in [0.15, 0.2) is 60.9 Å². The Morgan fingerprint density at radius 3 is 2.44 bits per heavy atom. The SMILES string of the molecule is CCOc1ccc(/C=C/C(=O)Oc2ccc(-n3cnnn3)cc2)cc1. The smallest absolute Gasteiger partial charge is 0.336 e. The summed E-state index contributed by atoms with van der Waals surface area (Å²) in [5.41, 5.74) is 1.66. The second-order valence-electron chi connectivity index (χ2n) is 5.00. The van der Waals surface area contributed by atoms with Gasteiger partial charge in [0, 0.05) is 6.08 Å². The lowest BCUT2D eigenvalue weighted by Crippen LogP contribution is -2.04. The van der Waals surface area contributed by atoms with E-state index in [4.69, 9.17) is 9.47 Å². The van der Waals surface area contributed by atoms with E-state index in [2.05, 4.69) is 15.5 Å². The highest BCUT2D eigenvalue weighted by atomic mass is 16.5. The summed E-state index contributed by atoms with van der Waals surface area (Å²) in [7, 11) is 0. The second kappa shape index (κ2) is 7.87. The number of esters is 1. The highest BCUT2D eigenvalue weighted by Crippen LogP contribution is 2.16. The van der Waals surface area contributed by atoms with Crippen LogP contribution in [0, 0.1) is 0 Å². The standard InChI is InChI=1S/C18H16N4O3/c1-2-24-16-8-3-14(4-9-16)5-12-18(23)25-17-10-6-15(7-11-17)22-13-19-20-21-22/h3-13H,2H2,1H3/b12-5+. The molecule has 0 atom stereocenters. The van der Waals surface area contributed by atoms with Gasteiger partial charge >= 0.3 is 5.97 Å². The minimum Gasteiger partial charge on any atom is -0.494 e. The number of ether oxygens (including phenoxy) is 2. The molecule has 0 aliphatic rings. The third kappa shape index (κ3) is 4.51. The van der Waals surface area contributed by atoms with E-state index in [-0.39, 0.29) is 0 Å². The Balaban J connectivity index is 1.58. The zero-order chi connectivity index (χ0) is 17.5. The topological polar surface area (TPSA) is 79.1 Å². The van der Waals surface area contributed by atoms with E-state index in [1.807, 2.05) is 31.2 Å². The number of carbonyl (C=O) groups is 1. The molecule has 0 saturated heterocycles. The molecule has 0 amide bonds. The van der Waals surface area contributed by atoms with Crippen molar-refractivity contribution in [1.29, 1.82) is 0 Å². The molecular weight excluding hydrogens is 320 g/mol. The Morgan fingerprint density at radius 1 is 1.08 bits per heavy atom. The first kappa shape index (κ1) is 16.4. The molecule has 3 aromatic rings. The van der Waals surface area contributed by atoms with Gasteiger partial charge in [-0.2, -0.15) is 0 Å². The van der Waals surface area contributed by atoms with Crippen molar-refractivity contribution in [2.45, 2.75) is 6.92 Å². The summed E-state index contributed by atoms with van der Waals surface area (Å²) in [5.74, 6) is 0.784. The van der Waals surface area contributed by atoms with E-state index in [1.54, 1.807) is 30.3 Å². The molecule has 1 aromatic heterocycles. The molecule has 25 heavy (non-hydrogen) atoms. The van der Waals surface area contributed by atoms with Crippen LogP contribution in [0.3, 0.4) is 0 Å². The van der Waals surface area contributed by atoms with Crippen molar-refractivity contribution in [1.82, 2.24) is 20.2 Å². The average molecular weight is 336 g/mol. The van der Waals surface area contributed by atoms with Crippen molar-refractivity contribution in [2.24, 2.45) is 0 Å². The van der Waals surface area contributed by atoms with E-state index in [0.717, 1.165) is 17.0 Å². The van der Waals surface area contributed by atoms with Crippen molar-refractivity contribution in [2.75, 3.05) is 6.61 Å². The third-order valence-corrected chi connectivity index (χ3v) is 3.27. The fourth-order valence-corrected chi connectivity index (χ4v) is 2.10. The van der Waals surface area contributed by atoms with Crippen LogP contribution in [-0.2, 0) is 4.79 Å². The van der Waals surface area contributed by atoms with Crippen LogP contribution in [0.2, 0.25) is 0 Å². The number of hydrogen-bond acceptors (Lipinski definition) is 6. The first-order chi connectivity index (χ1) is 12.2. The molecule has 7 nitrogen and oxygen atoms in total. The maximum Gasteiger partial charge on any atom is 0.336 e. The summed E-state index contributed by atoms with van der Waals surface area (Å²) >= 11 is 0. The van der Waals surface area contributed by atoms with Crippen LogP contribution in [0.25, 0.3) is 11.8 Å². The minimum atomic E-state index is -0.455. The summed E-state index contributed by atoms with van der Waals surface area (Å²) in [6.45, 7) is 2.55. The van der Waals surface area contributed by atoms with E-state index in [9.17, 15) is 4.79 Å². The number of carbonyl (C=O) groups excluding carboxylic acids is 1. The highest BCUT2D eigenvalue weighted by Gasteiger charge is 2.03. The first-order valence-electron chi connectivity index (χ1n) is 7.71. The van der Waals surface area contributed by atoms with Crippen molar-refractivity contribution in [3.05, 3.63) is 66.5 Å². The highest BCUT2D eigenvalue weighted by molar-refractivity contribution is 5.88. The number of hydrogen-bond donors (Lipinski definition) is 0. The number of nitrogens with zero attached hydrogens (tertiary/aromatic N) is 4. The summed E-state index contributed by atoms with van der Waals surface area (Å²) < 4.78 is 12.1. The molecule has 126 valence electrons. The van der Waals surface area contributed by atoms with E-state index in [0.29, 0.717) is 12.4 Å². The molecule has 2 aromatic carbocycles. The van der Waals surface area contributed by atoms with Gasteiger partial charge in [0.25, 0.3) is 0 Å². The predicted octanol–water partition coefficient (Wildman–Crippen LogP) is 2.68. The third-order valence-electron chi connectivity index (χ3n) is 3.27. The maximum absolute atomic E-state index is 11.9. The Morgan fingerprint density at radius 2 is 1.80 bits per heavy atom. The molecular formula is C18H16N4O3. The summed E-state index contributed by atoms with van der Waals surface area (Å²) in [4.78, 5) is 11.9. The molecule has 0 radical (unpaired) electrons. The van der Waals surface area contributed by atoms with Crippen molar-refractivity contribution in [3.63, 3.8) is 0 Å². The Hall–Kier alpha value is -3.48. The average Bonchev–Trinajstić information content (AvgIpc) is 3.17. The quantitative estimate of drug-likeness (QED) is 0.391. The van der Waals surface area contributed by atoms with Gasteiger partial charge in [-0.25, -0.2) is 9.48 Å². The molecule has 0 bridgehead atoms. The predicted molar refractivity (Wildman–Crippen MR) is 91.4 cm³/mol. The van der Waals surface area contributed by atoms with Gasteiger partial charge in [0.15, 0.2) is 0 Å². The lowest BCUT2D eigenvalue weighted by atomic mass is 10.2. The molecule has 0 fully saturated rings. The van der Waals surface area contributed by atoms with Gasteiger partial charge < -0.3 is 9.47 Å². The lowest BCUT2D eigenvalue weighted by Gasteiger charge is -2.03. The number of tetrazole rings is 1. The molecule has 0 spiro atoms. The Bertz CT molecular complexity index is 841. The first-order valence-corrected chi connectivity index (χ1v) is 7.71. The van der Waals surface area contributed by atoms with Crippen LogP contribution in [0.1, 0.15) is 12.5 Å². The van der Waals surface area contributed by atoms with E-state index >= 15 is 0 Å². The summed E-state index contributed by atoms with van der Waals surface area (Å²) in [6, 6.07) is 14.3. The number of rotatable bonds is 6. The maximum atomic E-state index is 11.9. The molecule has 7 heteroatoms. The Labute approximate surface area is 144 Å². The zero-order valence-electron chi connectivity index (χ0n) is 13.6. The molecule has 3 rings (SSSR count). The van der Waals surface area contributed by atoms with Gasteiger partial charge in [-0.05, 0) is 65.4 Å². The molecule has 0 aliphatic heterocycles. The molecule has 0 aliphatic carbocycles. The van der Waals surface area contributed by atoms with Crippen molar-refractivity contribution >= 4 is 12.0 Å². The number of aromatic nitrogens is 4. The molecule has 0 saturated carbocycles. The number of benzene rings is 2. The minimum absolute atomic E-state index is 0.443. The van der Waals surface area contributed by atoms with Crippen molar-refractivity contribution < 1.29 is 14.3 Å². The molecule has 1 heterocycles. The van der Waals surface area contributed by atoms with Crippen LogP contribution in [0.4, 0.5) is 0 Å². The zero-order valence-corrected chi connectivity index (χ0v) is 13.6. The lowest BCUT2D eigenvalue weighted by molar-refractivity contribution is -0.128. The molecule has 0 unspecified atom stereocenters. The normalized spacial score (nSPS) is 10.8. The summed E-state index contributed by atoms with van der Waals surface area (Å²) in [6.07, 6.45) is 4.55.